The highest BCUT2D eigenvalue weighted by Crippen LogP contribution is 2.58. The first-order chi connectivity index (χ1) is 11.4. The molecule has 4 bridgehead atoms. The molecule has 0 aliphatic heterocycles. The van der Waals surface area contributed by atoms with E-state index in [0.29, 0.717) is 24.7 Å². The fourth-order valence-corrected chi connectivity index (χ4v) is 5.24. The minimum atomic E-state index is -0.998. The Hall–Kier alpha value is -1.95. The monoisotopic (exact) mass is 348 g/mol. The molecule has 126 valence electrons. The zero-order valence-electron chi connectivity index (χ0n) is 13.0. The third-order valence-electron chi connectivity index (χ3n) is 5.86. The summed E-state index contributed by atoms with van der Waals surface area (Å²) in [6.45, 7) is 0. The maximum Gasteiger partial charge on any atom is 0.294 e. The maximum atomic E-state index is 12.9. The molecule has 4 fully saturated rings. The molecule has 0 saturated heterocycles. The van der Waals surface area contributed by atoms with Gasteiger partial charge in [0.15, 0.2) is 5.78 Å². The third kappa shape index (κ3) is 2.24. The van der Waals surface area contributed by atoms with Gasteiger partial charge in [0, 0.05) is 17.0 Å². The fraction of sp³-hybridized carbons (Fsp3) is 0.529. The Balaban J connectivity index is 1.65. The SMILES string of the molecule is O=C(Nc1ccc(Cl)cc1[N+](=O)[O-])C12CC3CC(CC(C3)C1=O)C2. The van der Waals surface area contributed by atoms with Crippen LogP contribution in [0.1, 0.15) is 32.1 Å². The zero-order valence-corrected chi connectivity index (χ0v) is 13.7. The summed E-state index contributed by atoms with van der Waals surface area (Å²) in [7, 11) is 0. The molecule has 4 aliphatic rings. The molecule has 1 aromatic rings. The summed E-state index contributed by atoms with van der Waals surface area (Å²) >= 11 is 5.81. The van der Waals surface area contributed by atoms with Crippen LogP contribution in [0, 0.1) is 33.3 Å². The largest absolute Gasteiger partial charge is 0.319 e. The number of rotatable bonds is 3. The highest BCUT2D eigenvalue weighted by atomic mass is 35.5. The molecule has 5 rings (SSSR count). The van der Waals surface area contributed by atoms with Crippen molar-refractivity contribution < 1.29 is 14.5 Å². The van der Waals surface area contributed by atoms with E-state index in [0.717, 1.165) is 19.3 Å². The summed E-state index contributed by atoms with van der Waals surface area (Å²) in [6, 6.07) is 4.12. The van der Waals surface area contributed by atoms with E-state index in [1.54, 1.807) is 0 Å². The molecule has 1 aromatic carbocycles. The van der Waals surface area contributed by atoms with Crippen LogP contribution in [0.5, 0.6) is 0 Å². The fourth-order valence-electron chi connectivity index (χ4n) is 5.07. The molecular formula is C17H17ClN2O4. The first-order valence-corrected chi connectivity index (χ1v) is 8.56. The van der Waals surface area contributed by atoms with E-state index in [-0.39, 0.29) is 28.1 Å². The van der Waals surface area contributed by atoms with Crippen LogP contribution < -0.4 is 5.32 Å². The Labute approximate surface area is 143 Å². The molecule has 2 unspecified atom stereocenters. The van der Waals surface area contributed by atoms with Crippen molar-refractivity contribution in [1.29, 1.82) is 0 Å². The van der Waals surface area contributed by atoms with Gasteiger partial charge in [-0.1, -0.05) is 11.6 Å². The molecule has 0 spiro atoms. The highest BCUT2D eigenvalue weighted by Gasteiger charge is 2.60. The Morgan fingerprint density at radius 3 is 2.54 bits per heavy atom. The molecule has 2 atom stereocenters. The molecule has 0 aromatic heterocycles. The van der Waals surface area contributed by atoms with Gasteiger partial charge >= 0.3 is 0 Å². The molecular weight excluding hydrogens is 332 g/mol. The molecule has 0 heterocycles. The van der Waals surface area contributed by atoms with Gasteiger partial charge in [-0.05, 0) is 56.1 Å². The minimum Gasteiger partial charge on any atom is -0.319 e. The lowest BCUT2D eigenvalue weighted by Crippen LogP contribution is -2.58. The summed E-state index contributed by atoms with van der Waals surface area (Å²) in [6.07, 6.45) is 4.04. The minimum absolute atomic E-state index is 0.0118. The summed E-state index contributed by atoms with van der Waals surface area (Å²) in [5.74, 6) is 0.473. The molecule has 4 saturated carbocycles. The first-order valence-electron chi connectivity index (χ1n) is 8.19. The van der Waals surface area contributed by atoms with Crippen LogP contribution >= 0.6 is 11.6 Å². The zero-order chi connectivity index (χ0) is 17.1. The Kier molecular flexibility index (Phi) is 3.42. The number of anilines is 1. The van der Waals surface area contributed by atoms with E-state index in [1.165, 1.54) is 18.2 Å². The lowest BCUT2D eigenvalue weighted by atomic mass is 9.48. The number of carbonyl (C=O) groups is 2. The number of nitro groups is 1. The van der Waals surface area contributed by atoms with Gasteiger partial charge in [0.1, 0.15) is 11.1 Å². The van der Waals surface area contributed by atoms with Crippen molar-refractivity contribution in [2.24, 2.45) is 23.2 Å². The average Bonchev–Trinajstić information content (AvgIpc) is 2.53. The highest BCUT2D eigenvalue weighted by molar-refractivity contribution is 6.31. The summed E-state index contributed by atoms with van der Waals surface area (Å²) in [5, 5.41) is 14.1. The van der Waals surface area contributed by atoms with Gasteiger partial charge < -0.3 is 5.32 Å². The molecule has 0 radical (unpaired) electrons. The van der Waals surface area contributed by atoms with Crippen LogP contribution in [0.25, 0.3) is 0 Å². The van der Waals surface area contributed by atoms with E-state index >= 15 is 0 Å². The van der Waals surface area contributed by atoms with Crippen molar-refractivity contribution in [3.63, 3.8) is 0 Å². The maximum absolute atomic E-state index is 12.9. The van der Waals surface area contributed by atoms with Gasteiger partial charge in [-0.3, -0.25) is 19.7 Å². The molecule has 7 heteroatoms. The van der Waals surface area contributed by atoms with Gasteiger partial charge in [-0.25, -0.2) is 0 Å². The second-order valence-electron chi connectivity index (χ2n) is 7.36. The number of nitrogens with zero attached hydrogens (tertiary/aromatic N) is 1. The summed E-state index contributed by atoms with van der Waals surface area (Å²) < 4.78 is 0. The number of Topliss-reactive ketones (excluding diaryl/α,β-unsaturated/α-hetero) is 1. The molecule has 1 N–H and O–H groups in total. The van der Waals surface area contributed by atoms with E-state index in [4.69, 9.17) is 11.6 Å². The Bertz CT molecular complexity index is 749. The second-order valence-corrected chi connectivity index (χ2v) is 7.80. The number of nitrogens with one attached hydrogen (secondary N) is 1. The van der Waals surface area contributed by atoms with Gasteiger partial charge in [-0.2, -0.15) is 0 Å². The normalized spacial score (nSPS) is 33.5. The van der Waals surface area contributed by atoms with Gasteiger partial charge in [-0.15, -0.1) is 0 Å². The van der Waals surface area contributed by atoms with E-state index in [9.17, 15) is 19.7 Å². The quantitative estimate of drug-likeness (QED) is 0.513. The number of hydrogen-bond donors (Lipinski definition) is 1. The van der Waals surface area contributed by atoms with Crippen molar-refractivity contribution in [2.75, 3.05) is 5.32 Å². The average molecular weight is 349 g/mol. The number of halogens is 1. The summed E-state index contributed by atoms with van der Waals surface area (Å²) in [5.41, 5.74) is -1.16. The first kappa shape index (κ1) is 15.6. The molecule has 6 nitrogen and oxygen atoms in total. The van der Waals surface area contributed by atoms with Crippen LogP contribution in [-0.2, 0) is 9.59 Å². The lowest BCUT2D eigenvalue weighted by molar-refractivity contribution is -0.383. The molecule has 1 amide bonds. The van der Waals surface area contributed by atoms with Crippen LogP contribution in [0.3, 0.4) is 0 Å². The standard InChI is InChI=1S/C17H17ClN2O4/c18-12-1-2-13(14(6-12)20(23)24)19-16(22)17-7-9-3-10(8-17)5-11(4-9)15(17)21/h1-2,6,9-11H,3-5,7-8H2,(H,19,22). The molecule has 24 heavy (non-hydrogen) atoms. The van der Waals surface area contributed by atoms with Gasteiger partial charge in [0.05, 0.1) is 4.92 Å². The van der Waals surface area contributed by atoms with Crippen LogP contribution in [0.4, 0.5) is 11.4 Å². The van der Waals surface area contributed by atoms with E-state index in [1.807, 2.05) is 0 Å². The lowest BCUT2D eigenvalue weighted by Gasteiger charge is -2.54. The number of ketones is 1. The number of hydrogen-bond acceptors (Lipinski definition) is 4. The third-order valence-corrected chi connectivity index (χ3v) is 6.09. The van der Waals surface area contributed by atoms with Crippen molar-refractivity contribution >= 4 is 34.7 Å². The van der Waals surface area contributed by atoms with Crippen molar-refractivity contribution in [3.8, 4) is 0 Å². The number of nitro benzene ring substituents is 1. The van der Waals surface area contributed by atoms with E-state index < -0.39 is 16.2 Å². The smallest absolute Gasteiger partial charge is 0.294 e. The summed E-state index contributed by atoms with van der Waals surface area (Å²) in [4.78, 5) is 36.3. The van der Waals surface area contributed by atoms with Crippen LogP contribution in [-0.4, -0.2) is 16.6 Å². The van der Waals surface area contributed by atoms with Gasteiger partial charge in [0.2, 0.25) is 5.91 Å². The number of carbonyl (C=O) groups excluding carboxylic acids is 2. The van der Waals surface area contributed by atoms with Crippen molar-refractivity contribution in [2.45, 2.75) is 32.1 Å². The van der Waals surface area contributed by atoms with Crippen LogP contribution in [0.2, 0.25) is 5.02 Å². The predicted molar refractivity (Wildman–Crippen MR) is 87.7 cm³/mol. The Morgan fingerprint density at radius 2 is 1.92 bits per heavy atom. The number of amides is 1. The number of benzene rings is 1. The second kappa shape index (κ2) is 5.28. The topological polar surface area (TPSA) is 89.3 Å². The van der Waals surface area contributed by atoms with Crippen LogP contribution in [0.15, 0.2) is 18.2 Å². The van der Waals surface area contributed by atoms with Crippen molar-refractivity contribution in [1.82, 2.24) is 0 Å². The van der Waals surface area contributed by atoms with Crippen molar-refractivity contribution in [3.05, 3.63) is 33.3 Å². The predicted octanol–water partition coefficient (Wildman–Crippen LogP) is 3.58. The Morgan fingerprint density at radius 1 is 1.25 bits per heavy atom. The van der Waals surface area contributed by atoms with Gasteiger partial charge in [0.25, 0.3) is 5.69 Å². The van der Waals surface area contributed by atoms with E-state index in [2.05, 4.69) is 5.32 Å². The molecule has 4 aliphatic carbocycles.